The predicted octanol–water partition coefficient (Wildman–Crippen LogP) is 0.972. The molecule has 0 saturated carbocycles. The first-order valence-corrected chi connectivity index (χ1v) is 6.57. The number of amides is 1. The molecule has 1 saturated heterocycles. The molecule has 19 heavy (non-hydrogen) atoms. The van der Waals surface area contributed by atoms with Crippen LogP contribution >= 0.6 is 0 Å². The Kier molecular flexibility index (Phi) is 3.75. The van der Waals surface area contributed by atoms with Crippen LogP contribution in [0.25, 0.3) is 0 Å². The minimum Gasteiger partial charge on any atom is -0.368 e. The molecule has 1 fully saturated rings. The van der Waals surface area contributed by atoms with Gasteiger partial charge in [-0.3, -0.25) is 9.78 Å². The van der Waals surface area contributed by atoms with E-state index in [9.17, 15) is 4.79 Å². The standard InChI is InChI=1S/C14H22N4O/c1-14(2)10-18(8-7-16-14)11-5-6-15-12(9-11)13(19)17(3)4/h5-6,9,16H,7-8,10H2,1-4H3. The molecular weight excluding hydrogens is 240 g/mol. The number of piperazine rings is 1. The molecule has 0 aromatic carbocycles. The summed E-state index contributed by atoms with van der Waals surface area (Å²) in [6.45, 7) is 7.19. The van der Waals surface area contributed by atoms with Gasteiger partial charge in [-0.05, 0) is 26.0 Å². The summed E-state index contributed by atoms with van der Waals surface area (Å²) in [5.41, 5.74) is 1.65. The van der Waals surface area contributed by atoms with E-state index in [0.717, 1.165) is 25.3 Å². The molecule has 1 aliphatic heterocycles. The highest BCUT2D eigenvalue weighted by atomic mass is 16.2. The fraction of sp³-hybridized carbons (Fsp3) is 0.571. The maximum Gasteiger partial charge on any atom is 0.272 e. The van der Waals surface area contributed by atoms with Gasteiger partial charge in [0, 0.05) is 51.2 Å². The SMILES string of the molecule is CN(C)C(=O)c1cc(N2CCNC(C)(C)C2)ccn1. The summed E-state index contributed by atoms with van der Waals surface area (Å²) >= 11 is 0. The van der Waals surface area contributed by atoms with Crippen LogP contribution in [0, 0.1) is 0 Å². The Morgan fingerprint density at radius 2 is 2.21 bits per heavy atom. The van der Waals surface area contributed by atoms with Crippen LogP contribution in [0.15, 0.2) is 18.3 Å². The number of nitrogens with one attached hydrogen (secondary N) is 1. The van der Waals surface area contributed by atoms with E-state index in [1.54, 1.807) is 25.2 Å². The molecule has 1 aromatic heterocycles. The second-order valence-electron chi connectivity index (χ2n) is 5.83. The summed E-state index contributed by atoms with van der Waals surface area (Å²) in [4.78, 5) is 19.9. The lowest BCUT2D eigenvalue weighted by Crippen LogP contribution is -2.57. The second kappa shape index (κ2) is 5.17. The molecule has 1 N–H and O–H groups in total. The van der Waals surface area contributed by atoms with Crippen molar-refractivity contribution >= 4 is 11.6 Å². The largest absolute Gasteiger partial charge is 0.368 e. The first-order chi connectivity index (χ1) is 8.89. The van der Waals surface area contributed by atoms with Crippen LogP contribution in [0.1, 0.15) is 24.3 Å². The molecule has 0 radical (unpaired) electrons. The average molecular weight is 262 g/mol. The number of carbonyl (C=O) groups is 1. The highest BCUT2D eigenvalue weighted by Gasteiger charge is 2.26. The first-order valence-electron chi connectivity index (χ1n) is 6.57. The van der Waals surface area contributed by atoms with Crippen molar-refractivity contribution in [3.05, 3.63) is 24.0 Å². The number of rotatable bonds is 2. The van der Waals surface area contributed by atoms with E-state index in [2.05, 4.69) is 29.0 Å². The Hall–Kier alpha value is -1.62. The van der Waals surface area contributed by atoms with Gasteiger partial charge < -0.3 is 15.1 Å². The van der Waals surface area contributed by atoms with Crippen molar-refractivity contribution in [1.82, 2.24) is 15.2 Å². The molecule has 2 heterocycles. The van der Waals surface area contributed by atoms with Crippen LogP contribution in [0.4, 0.5) is 5.69 Å². The van der Waals surface area contributed by atoms with Gasteiger partial charge in [0.15, 0.2) is 0 Å². The molecule has 5 heteroatoms. The molecule has 1 aliphatic rings. The zero-order valence-electron chi connectivity index (χ0n) is 12.1. The summed E-state index contributed by atoms with van der Waals surface area (Å²) in [6, 6.07) is 3.84. The normalized spacial score (nSPS) is 18.2. The Balaban J connectivity index is 2.21. The van der Waals surface area contributed by atoms with Crippen LogP contribution in [-0.2, 0) is 0 Å². The van der Waals surface area contributed by atoms with E-state index < -0.39 is 0 Å². The quantitative estimate of drug-likeness (QED) is 0.863. The molecule has 2 rings (SSSR count). The van der Waals surface area contributed by atoms with E-state index in [1.165, 1.54) is 0 Å². The van der Waals surface area contributed by atoms with Gasteiger partial charge in [0.1, 0.15) is 5.69 Å². The summed E-state index contributed by atoms with van der Waals surface area (Å²) in [6.07, 6.45) is 1.71. The highest BCUT2D eigenvalue weighted by Crippen LogP contribution is 2.20. The fourth-order valence-corrected chi connectivity index (χ4v) is 2.32. The maximum absolute atomic E-state index is 11.9. The maximum atomic E-state index is 11.9. The van der Waals surface area contributed by atoms with Crippen molar-refractivity contribution in [2.45, 2.75) is 19.4 Å². The fourth-order valence-electron chi connectivity index (χ4n) is 2.32. The number of carbonyl (C=O) groups excluding carboxylic acids is 1. The molecule has 104 valence electrons. The first kappa shape index (κ1) is 13.8. The van der Waals surface area contributed by atoms with E-state index in [1.807, 2.05) is 12.1 Å². The Bertz CT molecular complexity index is 470. The van der Waals surface area contributed by atoms with E-state index in [4.69, 9.17) is 0 Å². The van der Waals surface area contributed by atoms with E-state index >= 15 is 0 Å². The number of pyridine rings is 1. The van der Waals surface area contributed by atoms with Crippen molar-refractivity contribution < 1.29 is 4.79 Å². The monoisotopic (exact) mass is 262 g/mol. The van der Waals surface area contributed by atoms with Crippen LogP contribution in [-0.4, -0.2) is 55.1 Å². The number of hydrogen-bond acceptors (Lipinski definition) is 4. The number of aromatic nitrogens is 1. The summed E-state index contributed by atoms with van der Waals surface area (Å²) in [5.74, 6) is -0.0590. The minimum atomic E-state index is -0.0590. The zero-order chi connectivity index (χ0) is 14.0. The summed E-state index contributed by atoms with van der Waals surface area (Å²) < 4.78 is 0. The second-order valence-corrected chi connectivity index (χ2v) is 5.83. The molecule has 1 aromatic rings. The highest BCUT2D eigenvalue weighted by molar-refractivity contribution is 5.92. The molecule has 0 unspecified atom stereocenters. The number of hydrogen-bond donors (Lipinski definition) is 1. The molecule has 1 amide bonds. The smallest absolute Gasteiger partial charge is 0.272 e. The lowest BCUT2D eigenvalue weighted by molar-refractivity contribution is 0.0822. The summed E-state index contributed by atoms with van der Waals surface area (Å²) in [5, 5.41) is 3.48. The van der Waals surface area contributed by atoms with Gasteiger partial charge in [-0.1, -0.05) is 0 Å². The van der Waals surface area contributed by atoms with Gasteiger partial charge in [0.2, 0.25) is 0 Å². The van der Waals surface area contributed by atoms with E-state index in [-0.39, 0.29) is 11.4 Å². The Morgan fingerprint density at radius 1 is 1.47 bits per heavy atom. The van der Waals surface area contributed by atoms with Crippen molar-refractivity contribution in [2.75, 3.05) is 38.6 Å². The third-order valence-electron chi connectivity index (χ3n) is 3.31. The average Bonchev–Trinajstić information content (AvgIpc) is 2.36. The molecule has 0 aliphatic carbocycles. The molecular formula is C14H22N4O. The van der Waals surface area contributed by atoms with Crippen LogP contribution in [0.3, 0.4) is 0 Å². The van der Waals surface area contributed by atoms with Crippen molar-refractivity contribution in [1.29, 1.82) is 0 Å². The van der Waals surface area contributed by atoms with E-state index in [0.29, 0.717) is 5.69 Å². The van der Waals surface area contributed by atoms with Crippen LogP contribution in [0.2, 0.25) is 0 Å². The van der Waals surface area contributed by atoms with Gasteiger partial charge in [-0.2, -0.15) is 0 Å². The number of nitrogens with zero attached hydrogens (tertiary/aromatic N) is 3. The zero-order valence-corrected chi connectivity index (χ0v) is 12.1. The lowest BCUT2D eigenvalue weighted by atomic mass is 10.0. The van der Waals surface area contributed by atoms with Crippen molar-refractivity contribution in [3.63, 3.8) is 0 Å². The number of anilines is 1. The van der Waals surface area contributed by atoms with Gasteiger partial charge in [-0.25, -0.2) is 0 Å². The third kappa shape index (κ3) is 3.23. The predicted molar refractivity (Wildman–Crippen MR) is 76.5 cm³/mol. The topological polar surface area (TPSA) is 48.5 Å². The lowest BCUT2D eigenvalue weighted by Gasteiger charge is -2.40. The Labute approximate surface area is 114 Å². The van der Waals surface area contributed by atoms with Crippen LogP contribution in [0.5, 0.6) is 0 Å². The molecule has 0 spiro atoms. The molecule has 0 atom stereocenters. The van der Waals surface area contributed by atoms with Gasteiger partial charge in [0.25, 0.3) is 5.91 Å². The van der Waals surface area contributed by atoms with Crippen molar-refractivity contribution in [3.8, 4) is 0 Å². The molecule has 5 nitrogen and oxygen atoms in total. The van der Waals surface area contributed by atoms with Crippen LogP contribution < -0.4 is 10.2 Å². The van der Waals surface area contributed by atoms with Gasteiger partial charge in [-0.15, -0.1) is 0 Å². The van der Waals surface area contributed by atoms with Crippen molar-refractivity contribution in [2.24, 2.45) is 0 Å². The third-order valence-corrected chi connectivity index (χ3v) is 3.31. The summed E-state index contributed by atoms with van der Waals surface area (Å²) in [7, 11) is 3.48. The van der Waals surface area contributed by atoms with Gasteiger partial charge >= 0.3 is 0 Å². The molecule has 0 bridgehead atoms. The minimum absolute atomic E-state index is 0.0590. The van der Waals surface area contributed by atoms with Gasteiger partial charge in [0.05, 0.1) is 0 Å². The Morgan fingerprint density at radius 3 is 2.84 bits per heavy atom.